The van der Waals surface area contributed by atoms with Crippen LogP contribution in [-0.2, 0) is 4.74 Å². The Morgan fingerprint density at radius 3 is 3.25 bits per heavy atom. The van der Waals surface area contributed by atoms with Gasteiger partial charge in [-0.1, -0.05) is 0 Å². The van der Waals surface area contributed by atoms with Crippen LogP contribution in [0.25, 0.3) is 11.0 Å². The van der Waals surface area contributed by atoms with E-state index in [-0.39, 0.29) is 11.8 Å². The maximum absolute atomic E-state index is 11.5. The Kier molecular flexibility index (Phi) is 2.21. The Hall–Kier alpha value is -1.69. The first kappa shape index (κ1) is 9.53. The number of fused-ring (bicyclic) bond motifs is 1. The minimum absolute atomic E-state index is 0.0828. The largest absolute Gasteiger partial charge is 0.356 e. The number of aromatic nitrogens is 4. The summed E-state index contributed by atoms with van der Waals surface area (Å²) in [6, 6.07) is 0. The van der Waals surface area contributed by atoms with Gasteiger partial charge in [0.1, 0.15) is 5.39 Å². The molecule has 0 radical (unpaired) electrons. The van der Waals surface area contributed by atoms with Gasteiger partial charge in [-0.15, -0.1) is 0 Å². The fourth-order valence-electron chi connectivity index (χ4n) is 2.00. The molecule has 0 bridgehead atoms. The second-order valence-corrected chi connectivity index (χ2v) is 3.88. The minimum Gasteiger partial charge on any atom is -0.356 e. The van der Waals surface area contributed by atoms with Gasteiger partial charge in [-0.05, 0) is 19.3 Å². The van der Waals surface area contributed by atoms with Crippen LogP contribution >= 0.6 is 0 Å². The summed E-state index contributed by atoms with van der Waals surface area (Å²) in [5.41, 5.74) is 0.433. The van der Waals surface area contributed by atoms with Crippen LogP contribution in [0, 0.1) is 0 Å². The van der Waals surface area contributed by atoms with Crippen LogP contribution in [0.4, 0.5) is 0 Å². The average molecular weight is 220 g/mol. The van der Waals surface area contributed by atoms with E-state index in [1.54, 1.807) is 10.9 Å². The number of ether oxygens (including phenoxy) is 1. The van der Waals surface area contributed by atoms with Gasteiger partial charge in [0, 0.05) is 6.61 Å². The number of rotatable bonds is 1. The Morgan fingerprint density at radius 2 is 2.44 bits per heavy atom. The second-order valence-electron chi connectivity index (χ2n) is 3.88. The van der Waals surface area contributed by atoms with Crippen LogP contribution in [0.5, 0.6) is 0 Å². The van der Waals surface area contributed by atoms with E-state index < -0.39 is 0 Å². The Balaban J connectivity index is 2.10. The summed E-state index contributed by atoms with van der Waals surface area (Å²) in [6.07, 6.45) is 5.98. The molecule has 6 heteroatoms. The average Bonchev–Trinajstić information content (AvgIpc) is 2.75. The van der Waals surface area contributed by atoms with Crippen LogP contribution in [0.3, 0.4) is 0 Å². The first-order valence-corrected chi connectivity index (χ1v) is 5.39. The number of nitrogens with zero attached hydrogens (tertiary/aromatic N) is 3. The number of nitrogens with one attached hydrogen (secondary N) is 1. The SMILES string of the molecule is O=c1[nH]cnc2c1cnn2C1CCCCO1. The molecule has 0 aliphatic carbocycles. The van der Waals surface area contributed by atoms with E-state index in [0.29, 0.717) is 11.0 Å². The Bertz CT molecular complexity index is 553. The zero-order chi connectivity index (χ0) is 11.0. The molecule has 1 N–H and O–H groups in total. The summed E-state index contributed by atoms with van der Waals surface area (Å²) >= 11 is 0. The topological polar surface area (TPSA) is 72.8 Å². The van der Waals surface area contributed by atoms with Gasteiger partial charge in [-0.2, -0.15) is 5.10 Å². The summed E-state index contributed by atoms with van der Waals surface area (Å²) in [6.45, 7) is 0.745. The van der Waals surface area contributed by atoms with Gasteiger partial charge in [0.25, 0.3) is 5.56 Å². The molecule has 0 aromatic carbocycles. The van der Waals surface area contributed by atoms with Crippen molar-refractivity contribution in [3.05, 3.63) is 22.9 Å². The lowest BCUT2D eigenvalue weighted by molar-refractivity contribution is -0.0370. The third-order valence-electron chi connectivity index (χ3n) is 2.82. The maximum Gasteiger partial charge on any atom is 0.261 e. The fourth-order valence-corrected chi connectivity index (χ4v) is 2.00. The van der Waals surface area contributed by atoms with E-state index in [4.69, 9.17) is 4.74 Å². The lowest BCUT2D eigenvalue weighted by atomic mass is 10.2. The molecule has 1 atom stereocenters. The molecule has 1 aliphatic heterocycles. The predicted octanol–water partition coefficient (Wildman–Crippen LogP) is 0.819. The standard InChI is InChI=1S/C10H12N4O2/c15-10-7-5-13-14(9(7)11-6-12-10)8-3-1-2-4-16-8/h5-6,8H,1-4H2,(H,11,12,15). The summed E-state index contributed by atoms with van der Waals surface area (Å²) in [4.78, 5) is 18.2. The molecular weight excluding hydrogens is 208 g/mol. The minimum atomic E-state index is -0.160. The van der Waals surface area contributed by atoms with Crippen molar-refractivity contribution in [3.63, 3.8) is 0 Å². The fraction of sp³-hybridized carbons (Fsp3) is 0.500. The molecule has 1 saturated heterocycles. The van der Waals surface area contributed by atoms with Crippen molar-refractivity contribution >= 4 is 11.0 Å². The normalized spacial score (nSPS) is 21.4. The molecule has 1 aliphatic rings. The number of aromatic amines is 1. The van der Waals surface area contributed by atoms with Crippen molar-refractivity contribution in [1.29, 1.82) is 0 Å². The summed E-state index contributed by atoms with van der Waals surface area (Å²) < 4.78 is 7.32. The summed E-state index contributed by atoms with van der Waals surface area (Å²) in [5.74, 6) is 0. The first-order chi connectivity index (χ1) is 7.86. The van der Waals surface area contributed by atoms with Crippen LogP contribution in [0.1, 0.15) is 25.5 Å². The first-order valence-electron chi connectivity index (χ1n) is 5.39. The zero-order valence-corrected chi connectivity index (χ0v) is 8.72. The lowest BCUT2D eigenvalue weighted by Crippen LogP contribution is -2.19. The predicted molar refractivity (Wildman–Crippen MR) is 57.0 cm³/mol. The smallest absolute Gasteiger partial charge is 0.261 e. The highest BCUT2D eigenvalue weighted by molar-refractivity contribution is 5.72. The molecule has 3 rings (SSSR count). The number of hydrogen-bond donors (Lipinski definition) is 1. The molecule has 16 heavy (non-hydrogen) atoms. The Labute approximate surface area is 91.3 Å². The molecule has 84 valence electrons. The van der Waals surface area contributed by atoms with E-state index >= 15 is 0 Å². The maximum atomic E-state index is 11.5. The van der Waals surface area contributed by atoms with Crippen molar-refractivity contribution in [2.24, 2.45) is 0 Å². The van der Waals surface area contributed by atoms with Gasteiger partial charge < -0.3 is 9.72 Å². The van der Waals surface area contributed by atoms with Gasteiger partial charge in [0.05, 0.1) is 12.5 Å². The molecule has 2 aromatic heterocycles. The highest BCUT2D eigenvalue weighted by atomic mass is 16.5. The van der Waals surface area contributed by atoms with Gasteiger partial charge in [0.2, 0.25) is 0 Å². The molecule has 6 nitrogen and oxygen atoms in total. The van der Waals surface area contributed by atoms with Crippen LogP contribution in [0.15, 0.2) is 17.3 Å². The van der Waals surface area contributed by atoms with Crippen molar-refractivity contribution in [2.75, 3.05) is 6.61 Å². The third kappa shape index (κ3) is 1.42. The van der Waals surface area contributed by atoms with Crippen LogP contribution in [0.2, 0.25) is 0 Å². The van der Waals surface area contributed by atoms with Crippen molar-refractivity contribution in [1.82, 2.24) is 19.7 Å². The molecule has 1 unspecified atom stereocenters. The van der Waals surface area contributed by atoms with Gasteiger partial charge in [-0.25, -0.2) is 9.67 Å². The van der Waals surface area contributed by atoms with Crippen LogP contribution < -0.4 is 5.56 Å². The van der Waals surface area contributed by atoms with E-state index in [0.717, 1.165) is 25.9 Å². The highest BCUT2D eigenvalue weighted by Gasteiger charge is 2.19. The number of H-pyrrole nitrogens is 1. The molecule has 1 fully saturated rings. The zero-order valence-electron chi connectivity index (χ0n) is 8.72. The molecule has 2 aromatic rings. The Morgan fingerprint density at radius 1 is 1.50 bits per heavy atom. The summed E-state index contributed by atoms with van der Waals surface area (Å²) in [7, 11) is 0. The van der Waals surface area contributed by atoms with Crippen molar-refractivity contribution < 1.29 is 4.74 Å². The van der Waals surface area contributed by atoms with Crippen LogP contribution in [-0.4, -0.2) is 26.4 Å². The quantitative estimate of drug-likeness (QED) is 0.772. The van der Waals surface area contributed by atoms with E-state index in [2.05, 4.69) is 15.1 Å². The third-order valence-corrected chi connectivity index (χ3v) is 2.82. The van der Waals surface area contributed by atoms with E-state index in [1.165, 1.54) is 6.33 Å². The molecule has 3 heterocycles. The second kappa shape index (κ2) is 3.71. The molecular formula is C10H12N4O2. The van der Waals surface area contributed by atoms with Gasteiger partial charge in [-0.3, -0.25) is 4.79 Å². The number of hydrogen-bond acceptors (Lipinski definition) is 4. The molecule has 0 saturated carbocycles. The summed E-state index contributed by atoms with van der Waals surface area (Å²) in [5, 5.41) is 4.70. The monoisotopic (exact) mass is 220 g/mol. The van der Waals surface area contributed by atoms with Gasteiger partial charge in [0.15, 0.2) is 11.9 Å². The molecule has 0 spiro atoms. The van der Waals surface area contributed by atoms with Gasteiger partial charge >= 0.3 is 0 Å². The van der Waals surface area contributed by atoms with Crippen molar-refractivity contribution in [2.45, 2.75) is 25.5 Å². The highest BCUT2D eigenvalue weighted by Crippen LogP contribution is 2.23. The van der Waals surface area contributed by atoms with E-state index in [9.17, 15) is 4.79 Å². The molecule has 0 amide bonds. The lowest BCUT2D eigenvalue weighted by Gasteiger charge is -2.22. The van der Waals surface area contributed by atoms with E-state index in [1.807, 2.05) is 0 Å². The van der Waals surface area contributed by atoms with Crippen molar-refractivity contribution in [3.8, 4) is 0 Å².